The third kappa shape index (κ3) is 5.96. The molecule has 0 bridgehead atoms. The van der Waals surface area contributed by atoms with Crippen LogP contribution in [0.1, 0.15) is 33.6 Å². The topological polar surface area (TPSA) is 26.3 Å². The Bertz CT molecular complexity index is 161. The molecule has 70 valence electrons. The van der Waals surface area contributed by atoms with Crippen molar-refractivity contribution in [3.8, 4) is 0 Å². The molecule has 1 atom stereocenters. The Morgan fingerprint density at radius 2 is 2.17 bits per heavy atom. The van der Waals surface area contributed by atoms with Crippen molar-refractivity contribution in [3.05, 3.63) is 12.2 Å². The van der Waals surface area contributed by atoms with Crippen LogP contribution in [-0.2, 0) is 9.53 Å². The molecule has 0 aliphatic carbocycles. The van der Waals surface area contributed by atoms with Crippen LogP contribution in [0.15, 0.2) is 12.2 Å². The molecule has 0 rings (SSSR count). The summed E-state index contributed by atoms with van der Waals surface area (Å²) in [6.07, 6.45) is 2.09. The molecule has 1 unspecified atom stereocenters. The smallest absolute Gasteiger partial charge is 0.302 e. The minimum atomic E-state index is -0.236. The van der Waals surface area contributed by atoms with Crippen molar-refractivity contribution in [3.63, 3.8) is 0 Å². The van der Waals surface area contributed by atoms with E-state index in [-0.39, 0.29) is 5.97 Å². The van der Waals surface area contributed by atoms with Crippen LogP contribution in [0, 0.1) is 5.92 Å². The van der Waals surface area contributed by atoms with Crippen molar-refractivity contribution >= 4 is 5.97 Å². The first kappa shape index (κ1) is 11.2. The van der Waals surface area contributed by atoms with E-state index in [1.54, 1.807) is 0 Å². The largest absolute Gasteiger partial charge is 0.461 e. The Kier molecular flexibility index (Phi) is 5.43. The lowest BCUT2D eigenvalue weighted by molar-refractivity contribution is -0.140. The molecule has 0 amide bonds. The number of esters is 1. The molecule has 0 aliphatic heterocycles. The average molecular weight is 170 g/mol. The number of hydrogen-bond donors (Lipinski definition) is 0. The summed E-state index contributed by atoms with van der Waals surface area (Å²) in [5.41, 5.74) is 1.000. The van der Waals surface area contributed by atoms with Gasteiger partial charge in [-0.25, -0.2) is 0 Å². The van der Waals surface area contributed by atoms with Crippen LogP contribution in [0.4, 0.5) is 0 Å². The molecule has 2 nitrogen and oxygen atoms in total. The minimum Gasteiger partial charge on any atom is -0.461 e. The molecule has 0 aromatic rings. The maximum atomic E-state index is 10.4. The molecular formula is C10H18O2. The minimum absolute atomic E-state index is 0.236. The highest BCUT2D eigenvalue weighted by Crippen LogP contribution is 2.12. The summed E-state index contributed by atoms with van der Waals surface area (Å²) in [7, 11) is 0. The van der Waals surface area contributed by atoms with Gasteiger partial charge in [-0.1, -0.05) is 26.8 Å². The zero-order chi connectivity index (χ0) is 9.56. The van der Waals surface area contributed by atoms with Crippen molar-refractivity contribution in [1.29, 1.82) is 0 Å². The normalized spacial score (nSPS) is 12.2. The molecule has 0 aromatic heterocycles. The highest BCUT2D eigenvalue weighted by molar-refractivity contribution is 5.66. The molecule has 0 aromatic carbocycles. The predicted octanol–water partition coefficient (Wildman–Crippen LogP) is 2.54. The van der Waals surface area contributed by atoms with Gasteiger partial charge in [0.25, 0.3) is 0 Å². The predicted molar refractivity (Wildman–Crippen MR) is 49.8 cm³/mol. The zero-order valence-corrected chi connectivity index (χ0v) is 8.22. The van der Waals surface area contributed by atoms with Crippen molar-refractivity contribution in [1.82, 2.24) is 0 Å². The van der Waals surface area contributed by atoms with E-state index in [1.165, 1.54) is 6.92 Å². The first-order valence-corrected chi connectivity index (χ1v) is 4.36. The van der Waals surface area contributed by atoms with E-state index >= 15 is 0 Å². The van der Waals surface area contributed by atoms with E-state index in [2.05, 4.69) is 20.4 Å². The van der Waals surface area contributed by atoms with Crippen LogP contribution in [0.5, 0.6) is 0 Å². The quantitative estimate of drug-likeness (QED) is 0.468. The lowest BCUT2D eigenvalue weighted by atomic mass is 10.0. The van der Waals surface area contributed by atoms with Crippen molar-refractivity contribution < 1.29 is 9.53 Å². The maximum Gasteiger partial charge on any atom is 0.302 e. The van der Waals surface area contributed by atoms with E-state index in [4.69, 9.17) is 4.74 Å². The molecule has 0 heterocycles. The van der Waals surface area contributed by atoms with E-state index in [0.29, 0.717) is 12.5 Å². The van der Waals surface area contributed by atoms with Gasteiger partial charge in [-0.05, 0) is 17.9 Å². The fourth-order valence-electron chi connectivity index (χ4n) is 0.900. The molecule has 0 spiro atoms. The number of ether oxygens (including phenoxy) is 1. The van der Waals surface area contributed by atoms with Gasteiger partial charge in [0.1, 0.15) is 6.61 Å². The Hall–Kier alpha value is -0.790. The third-order valence-corrected chi connectivity index (χ3v) is 1.81. The second-order valence-electron chi connectivity index (χ2n) is 3.25. The SMILES string of the molecule is C=C(COC(C)=O)CC(C)CC. The van der Waals surface area contributed by atoms with E-state index in [1.807, 2.05) is 0 Å². The highest BCUT2D eigenvalue weighted by Gasteiger charge is 2.03. The van der Waals surface area contributed by atoms with Gasteiger partial charge in [-0.2, -0.15) is 0 Å². The molecule has 12 heavy (non-hydrogen) atoms. The standard InChI is InChI=1S/C10H18O2/c1-5-8(2)6-9(3)7-12-10(4)11/h8H,3,5-7H2,1-2,4H3. The lowest BCUT2D eigenvalue weighted by Gasteiger charge is -2.10. The molecule has 0 saturated carbocycles. The monoisotopic (exact) mass is 170 g/mol. The second kappa shape index (κ2) is 5.81. The molecular weight excluding hydrogens is 152 g/mol. The summed E-state index contributed by atoms with van der Waals surface area (Å²) in [6.45, 7) is 9.93. The highest BCUT2D eigenvalue weighted by atomic mass is 16.5. The van der Waals surface area contributed by atoms with Crippen molar-refractivity contribution in [2.24, 2.45) is 5.92 Å². The summed E-state index contributed by atoms with van der Waals surface area (Å²) >= 11 is 0. The summed E-state index contributed by atoms with van der Waals surface area (Å²) < 4.78 is 4.81. The lowest BCUT2D eigenvalue weighted by Crippen LogP contribution is -2.05. The van der Waals surface area contributed by atoms with E-state index < -0.39 is 0 Å². The fourth-order valence-corrected chi connectivity index (χ4v) is 0.900. The molecule has 0 radical (unpaired) electrons. The second-order valence-corrected chi connectivity index (χ2v) is 3.25. The Labute approximate surface area is 74.6 Å². The number of hydrogen-bond acceptors (Lipinski definition) is 2. The third-order valence-electron chi connectivity index (χ3n) is 1.81. The van der Waals surface area contributed by atoms with Gasteiger partial charge < -0.3 is 4.74 Å². The first-order chi connectivity index (χ1) is 5.56. The van der Waals surface area contributed by atoms with Crippen molar-refractivity contribution in [2.45, 2.75) is 33.6 Å². The molecule has 0 saturated heterocycles. The van der Waals surface area contributed by atoms with Crippen LogP contribution in [0.25, 0.3) is 0 Å². The molecule has 0 aliphatic rings. The van der Waals surface area contributed by atoms with E-state index in [9.17, 15) is 4.79 Å². The van der Waals surface area contributed by atoms with Gasteiger partial charge in [0.2, 0.25) is 0 Å². The van der Waals surface area contributed by atoms with Crippen LogP contribution in [-0.4, -0.2) is 12.6 Å². The van der Waals surface area contributed by atoms with Gasteiger partial charge in [0, 0.05) is 6.92 Å². The fraction of sp³-hybridized carbons (Fsp3) is 0.700. The van der Waals surface area contributed by atoms with E-state index in [0.717, 1.165) is 18.4 Å². The maximum absolute atomic E-state index is 10.4. The van der Waals surface area contributed by atoms with Crippen molar-refractivity contribution in [2.75, 3.05) is 6.61 Å². The van der Waals surface area contributed by atoms with Gasteiger partial charge in [0.15, 0.2) is 0 Å². The van der Waals surface area contributed by atoms with Gasteiger partial charge in [0.05, 0.1) is 0 Å². The summed E-state index contributed by atoms with van der Waals surface area (Å²) in [4.78, 5) is 10.4. The van der Waals surface area contributed by atoms with Crippen LogP contribution in [0.3, 0.4) is 0 Å². The Morgan fingerprint density at radius 3 is 2.58 bits per heavy atom. The first-order valence-electron chi connectivity index (χ1n) is 4.36. The van der Waals surface area contributed by atoms with Crippen LogP contribution < -0.4 is 0 Å². The van der Waals surface area contributed by atoms with Gasteiger partial charge >= 0.3 is 5.97 Å². The molecule has 0 fully saturated rings. The molecule has 0 N–H and O–H groups in total. The van der Waals surface area contributed by atoms with Crippen LogP contribution >= 0.6 is 0 Å². The van der Waals surface area contributed by atoms with Gasteiger partial charge in [-0.15, -0.1) is 0 Å². The molecule has 2 heteroatoms. The van der Waals surface area contributed by atoms with Crippen LogP contribution in [0.2, 0.25) is 0 Å². The number of carbonyl (C=O) groups is 1. The Morgan fingerprint density at radius 1 is 1.58 bits per heavy atom. The number of carbonyl (C=O) groups excluding carboxylic acids is 1. The zero-order valence-electron chi connectivity index (χ0n) is 8.22. The Balaban J connectivity index is 3.53. The number of rotatable bonds is 5. The summed E-state index contributed by atoms with van der Waals surface area (Å²) in [6, 6.07) is 0. The average Bonchev–Trinajstić information content (AvgIpc) is 2.00. The summed E-state index contributed by atoms with van der Waals surface area (Å²) in [5, 5.41) is 0. The summed E-state index contributed by atoms with van der Waals surface area (Å²) in [5.74, 6) is 0.397. The van der Waals surface area contributed by atoms with Gasteiger partial charge in [-0.3, -0.25) is 4.79 Å².